The lowest BCUT2D eigenvalue weighted by atomic mass is 10.2. The number of hydrogen-bond acceptors (Lipinski definition) is 3. The van der Waals surface area contributed by atoms with Crippen molar-refractivity contribution in [2.75, 3.05) is 6.54 Å². The van der Waals surface area contributed by atoms with Crippen molar-refractivity contribution in [1.29, 1.82) is 5.26 Å². The highest BCUT2D eigenvalue weighted by molar-refractivity contribution is 6.32. The highest BCUT2D eigenvalue weighted by Gasteiger charge is 2.22. The Hall–Kier alpha value is -1.47. The van der Waals surface area contributed by atoms with E-state index in [-0.39, 0.29) is 17.2 Å². The second-order valence-corrected chi connectivity index (χ2v) is 3.95. The first-order valence-corrected chi connectivity index (χ1v) is 5.36. The van der Waals surface area contributed by atoms with Crippen LogP contribution in [0.3, 0.4) is 0 Å². The van der Waals surface area contributed by atoms with E-state index in [1.165, 1.54) is 12.3 Å². The van der Waals surface area contributed by atoms with Crippen LogP contribution in [0.5, 0.6) is 0 Å². The summed E-state index contributed by atoms with van der Waals surface area (Å²) in [6.07, 6.45) is 1.68. The molecule has 0 atom stereocenters. The minimum absolute atomic E-state index is 0.0202. The van der Waals surface area contributed by atoms with Crippen LogP contribution in [0, 0.1) is 11.3 Å². The number of nitrogens with zero attached hydrogens (tertiary/aromatic N) is 2. The molecule has 0 fully saturated rings. The maximum atomic E-state index is 12.0. The molecule has 0 unspecified atom stereocenters. The van der Waals surface area contributed by atoms with Crippen molar-refractivity contribution in [1.82, 2.24) is 4.90 Å². The first-order chi connectivity index (χ1) is 7.57. The number of rotatable bonds is 4. The molecule has 0 aliphatic carbocycles. The number of carbonyl (C=O) groups is 1. The normalized spacial score (nSPS) is 10.2. The first kappa shape index (κ1) is 12.6. The smallest absolute Gasteiger partial charge is 0.258 e. The van der Waals surface area contributed by atoms with E-state index in [4.69, 9.17) is 21.3 Å². The Kier molecular flexibility index (Phi) is 4.39. The van der Waals surface area contributed by atoms with Crippen LogP contribution in [0.15, 0.2) is 16.7 Å². The maximum absolute atomic E-state index is 12.0. The fourth-order valence-corrected chi connectivity index (χ4v) is 1.56. The summed E-state index contributed by atoms with van der Waals surface area (Å²) in [6.45, 7) is 4.18. The standard InChI is InChI=1S/C11H13ClN2O2/c1-8(2)14(6-3-5-13)11(15)9-4-7-16-10(9)12/h4,7-8H,3,6H2,1-2H3. The molecular weight excluding hydrogens is 228 g/mol. The van der Waals surface area contributed by atoms with Gasteiger partial charge >= 0.3 is 0 Å². The Morgan fingerprint density at radius 1 is 1.69 bits per heavy atom. The van der Waals surface area contributed by atoms with E-state index >= 15 is 0 Å². The molecule has 0 spiro atoms. The molecule has 1 rings (SSSR count). The molecule has 4 nitrogen and oxygen atoms in total. The van der Waals surface area contributed by atoms with Gasteiger partial charge in [-0.15, -0.1) is 0 Å². The first-order valence-electron chi connectivity index (χ1n) is 4.98. The van der Waals surface area contributed by atoms with E-state index in [0.29, 0.717) is 18.5 Å². The molecule has 0 N–H and O–H groups in total. The van der Waals surface area contributed by atoms with Gasteiger partial charge in [0.25, 0.3) is 5.91 Å². The lowest BCUT2D eigenvalue weighted by Crippen LogP contribution is -2.37. The van der Waals surface area contributed by atoms with Crippen molar-refractivity contribution in [3.05, 3.63) is 23.1 Å². The molecule has 1 aromatic rings. The summed E-state index contributed by atoms with van der Waals surface area (Å²) in [5.74, 6) is -0.205. The van der Waals surface area contributed by atoms with Crippen LogP contribution in [0.2, 0.25) is 5.22 Å². The quantitative estimate of drug-likeness (QED) is 0.813. The van der Waals surface area contributed by atoms with E-state index in [9.17, 15) is 4.79 Å². The van der Waals surface area contributed by atoms with Crippen molar-refractivity contribution < 1.29 is 9.21 Å². The fourth-order valence-electron chi connectivity index (χ4n) is 1.37. The van der Waals surface area contributed by atoms with Gasteiger partial charge in [0, 0.05) is 12.6 Å². The predicted octanol–water partition coefficient (Wildman–Crippen LogP) is 2.70. The molecule has 1 aromatic heterocycles. The van der Waals surface area contributed by atoms with Crippen molar-refractivity contribution in [3.8, 4) is 6.07 Å². The minimum atomic E-state index is -0.205. The molecule has 86 valence electrons. The Balaban J connectivity index is 2.84. The summed E-state index contributed by atoms with van der Waals surface area (Å²) >= 11 is 5.74. The Morgan fingerprint density at radius 2 is 2.38 bits per heavy atom. The van der Waals surface area contributed by atoms with Gasteiger partial charge in [0.05, 0.1) is 24.3 Å². The zero-order chi connectivity index (χ0) is 12.1. The van der Waals surface area contributed by atoms with Crippen LogP contribution < -0.4 is 0 Å². The van der Waals surface area contributed by atoms with Crippen LogP contribution in [-0.4, -0.2) is 23.4 Å². The summed E-state index contributed by atoms with van der Waals surface area (Å²) in [5, 5.41) is 8.62. The summed E-state index contributed by atoms with van der Waals surface area (Å²) in [6, 6.07) is 3.57. The third-order valence-electron chi connectivity index (χ3n) is 2.20. The molecular formula is C11H13ClN2O2. The summed E-state index contributed by atoms with van der Waals surface area (Å²) in [7, 11) is 0. The van der Waals surface area contributed by atoms with Gasteiger partial charge in [0.2, 0.25) is 5.22 Å². The minimum Gasteiger partial charge on any atom is -0.452 e. The number of halogens is 1. The average Bonchev–Trinajstić information content (AvgIpc) is 2.64. The van der Waals surface area contributed by atoms with E-state index in [0.717, 1.165) is 0 Å². The summed E-state index contributed by atoms with van der Waals surface area (Å²) in [4.78, 5) is 13.6. The Labute approximate surface area is 99.4 Å². The van der Waals surface area contributed by atoms with Crippen molar-refractivity contribution in [2.24, 2.45) is 0 Å². The molecule has 1 heterocycles. The molecule has 16 heavy (non-hydrogen) atoms. The van der Waals surface area contributed by atoms with Gasteiger partial charge in [-0.3, -0.25) is 4.79 Å². The SMILES string of the molecule is CC(C)N(CCC#N)C(=O)c1ccoc1Cl. The topological polar surface area (TPSA) is 57.2 Å². The number of hydrogen-bond donors (Lipinski definition) is 0. The van der Waals surface area contributed by atoms with E-state index in [1.807, 2.05) is 19.9 Å². The predicted molar refractivity (Wildman–Crippen MR) is 60.1 cm³/mol. The molecule has 1 amide bonds. The molecule has 0 aliphatic rings. The highest BCUT2D eigenvalue weighted by atomic mass is 35.5. The third kappa shape index (κ3) is 2.77. The molecule has 0 aromatic carbocycles. The molecule has 0 saturated heterocycles. The third-order valence-corrected chi connectivity index (χ3v) is 2.49. The highest BCUT2D eigenvalue weighted by Crippen LogP contribution is 2.19. The van der Waals surface area contributed by atoms with Gasteiger partial charge in [0.15, 0.2) is 0 Å². The van der Waals surface area contributed by atoms with E-state index < -0.39 is 0 Å². The van der Waals surface area contributed by atoms with Crippen LogP contribution >= 0.6 is 11.6 Å². The fraction of sp³-hybridized carbons (Fsp3) is 0.455. The van der Waals surface area contributed by atoms with E-state index in [2.05, 4.69) is 0 Å². The van der Waals surface area contributed by atoms with Crippen LogP contribution in [-0.2, 0) is 0 Å². The molecule has 5 heteroatoms. The van der Waals surface area contributed by atoms with Gasteiger partial charge in [-0.05, 0) is 31.5 Å². The zero-order valence-electron chi connectivity index (χ0n) is 9.24. The molecule has 0 bridgehead atoms. The monoisotopic (exact) mass is 240 g/mol. The lowest BCUT2D eigenvalue weighted by molar-refractivity contribution is 0.0710. The largest absolute Gasteiger partial charge is 0.452 e. The zero-order valence-corrected chi connectivity index (χ0v) is 9.99. The van der Waals surface area contributed by atoms with Crippen LogP contribution in [0.1, 0.15) is 30.6 Å². The van der Waals surface area contributed by atoms with Gasteiger partial charge in [-0.25, -0.2) is 0 Å². The number of furan rings is 1. The Bertz CT molecular complexity index is 406. The summed E-state index contributed by atoms with van der Waals surface area (Å²) < 4.78 is 4.87. The molecule has 0 aliphatic heterocycles. The second-order valence-electron chi connectivity index (χ2n) is 3.61. The van der Waals surface area contributed by atoms with Gasteiger partial charge < -0.3 is 9.32 Å². The number of carbonyl (C=O) groups excluding carboxylic acids is 1. The second kappa shape index (κ2) is 5.57. The van der Waals surface area contributed by atoms with Gasteiger partial charge in [0.1, 0.15) is 0 Å². The number of amides is 1. The van der Waals surface area contributed by atoms with Crippen molar-refractivity contribution in [2.45, 2.75) is 26.3 Å². The van der Waals surface area contributed by atoms with Crippen LogP contribution in [0.25, 0.3) is 0 Å². The van der Waals surface area contributed by atoms with Crippen molar-refractivity contribution >= 4 is 17.5 Å². The van der Waals surface area contributed by atoms with E-state index in [1.54, 1.807) is 4.90 Å². The summed E-state index contributed by atoms with van der Waals surface area (Å²) in [5.41, 5.74) is 0.341. The average molecular weight is 241 g/mol. The van der Waals surface area contributed by atoms with Crippen LogP contribution in [0.4, 0.5) is 0 Å². The Morgan fingerprint density at radius 3 is 2.81 bits per heavy atom. The lowest BCUT2D eigenvalue weighted by Gasteiger charge is -2.25. The molecule has 0 saturated carbocycles. The number of nitriles is 1. The van der Waals surface area contributed by atoms with Crippen molar-refractivity contribution in [3.63, 3.8) is 0 Å². The maximum Gasteiger partial charge on any atom is 0.258 e. The van der Waals surface area contributed by atoms with Gasteiger partial charge in [-0.2, -0.15) is 5.26 Å². The van der Waals surface area contributed by atoms with Gasteiger partial charge in [-0.1, -0.05) is 0 Å². The molecule has 0 radical (unpaired) electrons.